The van der Waals surface area contributed by atoms with Gasteiger partial charge in [0.1, 0.15) is 0 Å². The number of hydrogen-bond donors (Lipinski definition) is 1. The molecule has 27 heavy (non-hydrogen) atoms. The summed E-state index contributed by atoms with van der Waals surface area (Å²) in [5.41, 5.74) is -0.664. The zero-order valence-corrected chi connectivity index (χ0v) is 14.2. The fourth-order valence-corrected chi connectivity index (χ4v) is 2.82. The molecule has 7 nitrogen and oxygen atoms in total. The van der Waals surface area contributed by atoms with Gasteiger partial charge in [0, 0.05) is 12.7 Å². The monoisotopic (exact) mass is 383 g/mol. The molecule has 2 heterocycles. The molecule has 1 aromatic heterocycles. The maximum Gasteiger partial charge on any atom is 0.416 e. The normalized spacial score (nSPS) is 20.5. The highest BCUT2D eigenvalue weighted by atomic mass is 19.4. The minimum Gasteiger partial charge on any atom is -0.479 e. The van der Waals surface area contributed by atoms with Crippen molar-refractivity contribution in [2.24, 2.45) is 0 Å². The van der Waals surface area contributed by atoms with Crippen LogP contribution in [0.1, 0.15) is 23.0 Å². The Morgan fingerprint density at radius 3 is 2.67 bits per heavy atom. The minimum atomic E-state index is -4.49. The summed E-state index contributed by atoms with van der Waals surface area (Å²) in [6, 6.07) is 5.94. The second kappa shape index (κ2) is 7.03. The van der Waals surface area contributed by atoms with Crippen LogP contribution in [0.3, 0.4) is 0 Å². The number of ether oxygens (including phenoxy) is 1. The highest BCUT2D eigenvalue weighted by molar-refractivity contribution is 5.92. The van der Waals surface area contributed by atoms with Gasteiger partial charge in [0.2, 0.25) is 0 Å². The van der Waals surface area contributed by atoms with Crippen LogP contribution in [-0.2, 0) is 15.7 Å². The van der Waals surface area contributed by atoms with Crippen LogP contribution in [0.25, 0.3) is 5.69 Å². The molecule has 1 aliphatic rings. The summed E-state index contributed by atoms with van der Waals surface area (Å²) in [7, 11) is 0. The van der Waals surface area contributed by atoms with Crippen LogP contribution in [-0.4, -0.2) is 57.0 Å². The molecule has 0 radical (unpaired) electrons. The summed E-state index contributed by atoms with van der Waals surface area (Å²) in [5, 5.41) is 13.1. The number of amides is 1. The molecule has 1 amide bonds. The molecule has 1 N–H and O–H groups in total. The van der Waals surface area contributed by atoms with Crippen molar-refractivity contribution in [3.8, 4) is 5.69 Å². The van der Waals surface area contributed by atoms with E-state index in [1.54, 1.807) is 6.92 Å². The Labute approximate surface area is 151 Å². The Morgan fingerprint density at radius 2 is 2.00 bits per heavy atom. The van der Waals surface area contributed by atoms with Crippen LogP contribution in [0.2, 0.25) is 0 Å². The van der Waals surface area contributed by atoms with Crippen LogP contribution >= 0.6 is 0 Å². The maximum atomic E-state index is 12.8. The van der Waals surface area contributed by atoms with E-state index in [-0.39, 0.29) is 24.5 Å². The standard InChI is InChI=1S/C17H16F3N3O4/c1-10-8-22(9-14(27-10)16(25)26)15(24)13-5-6-23(21-13)12-4-2-3-11(7-12)17(18,19)20/h2-7,10,14H,8-9H2,1H3,(H,25,26)/t10-,14?/m1/s1. The van der Waals surface area contributed by atoms with E-state index in [4.69, 9.17) is 9.84 Å². The molecule has 0 bridgehead atoms. The number of alkyl halides is 3. The second-order valence-electron chi connectivity index (χ2n) is 6.18. The number of aromatic nitrogens is 2. The SMILES string of the molecule is C[C@@H]1CN(C(=O)c2ccn(-c3cccc(C(F)(F)F)c3)n2)CC(C(=O)O)O1. The van der Waals surface area contributed by atoms with Crippen molar-refractivity contribution in [3.63, 3.8) is 0 Å². The zero-order chi connectivity index (χ0) is 19.8. The van der Waals surface area contributed by atoms with Gasteiger partial charge in [-0.3, -0.25) is 4.79 Å². The van der Waals surface area contributed by atoms with E-state index in [2.05, 4.69) is 5.10 Å². The molecule has 1 saturated heterocycles. The van der Waals surface area contributed by atoms with Crippen LogP contribution in [0.5, 0.6) is 0 Å². The molecule has 2 atom stereocenters. The van der Waals surface area contributed by atoms with Gasteiger partial charge < -0.3 is 14.7 Å². The lowest BCUT2D eigenvalue weighted by Crippen LogP contribution is -2.51. The Balaban J connectivity index is 1.81. The highest BCUT2D eigenvalue weighted by Gasteiger charge is 2.34. The maximum absolute atomic E-state index is 12.8. The van der Waals surface area contributed by atoms with E-state index >= 15 is 0 Å². The minimum absolute atomic E-state index is 0.00523. The van der Waals surface area contributed by atoms with Gasteiger partial charge in [-0.2, -0.15) is 18.3 Å². The van der Waals surface area contributed by atoms with Crippen LogP contribution < -0.4 is 0 Å². The summed E-state index contributed by atoms with van der Waals surface area (Å²) in [4.78, 5) is 25.0. The van der Waals surface area contributed by atoms with E-state index < -0.39 is 35.8 Å². The van der Waals surface area contributed by atoms with E-state index in [1.807, 2.05) is 0 Å². The molecule has 10 heteroatoms. The topological polar surface area (TPSA) is 84.7 Å². The van der Waals surface area contributed by atoms with Crippen molar-refractivity contribution >= 4 is 11.9 Å². The Morgan fingerprint density at radius 1 is 1.26 bits per heavy atom. The molecule has 0 saturated carbocycles. The number of carboxylic acid groups (broad SMARTS) is 1. The first-order chi connectivity index (χ1) is 12.6. The van der Waals surface area contributed by atoms with E-state index in [9.17, 15) is 22.8 Å². The van der Waals surface area contributed by atoms with E-state index in [0.717, 1.165) is 12.1 Å². The number of halogens is 3. The molecule has 1 unspecified atom stereocenters. The number of hydrogen-bond acceptors (Lipinski definition) is 4. The second-order valence-corrected chi connectivity index (χ2v) is 6.18. The molecule has 1 aromatic carbocycles. The third-order valence-electron chi connectivity index (χ3n) is 4.07. The van der Waals surface area contributed by atoms with Crippen molar-refractivity contribution in [2.45, 2.75) is 25.3 Å². The number of carbonyl (C=O) groups is 2. The van der Waals surface area contributed by atoms with E-state index in [0.29, 0.717) is 0 Å². The molecule has 1 fully saturated rings. The largest absolute Gasteiger partial charge is 0.479 e. The predicted octanol–water partition coefficient (Wildman–Crippen LogP) is 2.21. The van der Waals surface area contributed by atoms with Gasteiger partial charge in [0.05, 0.1) is 23.9 Å². The Hall–Kier alpha value is -2.88. The predicted molar refractivity (Wildman–Crippen MR) is 86.4 cm³/mol. The average molecular weight is 383 g/mol. The van der Waals surface area contributed by atoms with Crippen molar-refractivity contribution in [1.29, 1.82) is 0 Å². The van der Waals surface area contributed by atoms with Gasteiger partial charge in [-0.1, -0.05) is 6.07 Å². The molecule has 0 aliphatic carbocycles. The molecular formula is C17H16F3N3O4. The van der Waals surface area contributed by atoms with Crippen molar-refractivity contribution in [1.82, 2.24) is 14.7 Å². The lowest BCUT2D eigenvalue weighted by Gasteiger charge is -2.34. The fourth-order valence-electron chi connectivity index (χ4n) is 2.82. The third-order valence-corrected chi connectivity index (χ3v) is 4.07. The molecule has 0 spiro atoms. The third kappa shape index (κ3) is 4.11. The quantitative estimate of drug-likeness (QED) is 0.879. The van der Waals surface area contributed by atoms with E-state index in [1.165, 1.54) is 34.0 Å². The Kier molecular flexibility index (Phi) is 4.92. The van der Waals surface area contributed by atoms with Gasteiger partial charge >= 0.3 is 12.1 Å². The van der Waals surface area contributed by atoms with Crippen LogP contribution in [0.15, 0.2) is 36.5 Å². The number of nitrogens with zero attached hydrogens (tertiary/aromatic N) is 3. The van der Waals surface area contributed by atoms with Crippen molar-refractivity contribution < 1.29 is 32.6 Å². The van der Waals surface area contributed by atoms with Gasteiger partial charge in [0.25, 0.3) is 5.91 Å². The molecular weight excluding hydrogens is 367 g/mol. The average Bonchev–Trinajstić information content (AvgIpc) is 3.10. The Bertz CT molecular complexity index is 865. The van der Waals surface area contributed by atoms with Gasteiger partial charge in [-0.05, 0) is 31.2 Å². The summed E-state index contributed by atoms with van der Waals surface area (Å²) in [6.07, 6.45) is -4.71. The number of aliphatic carboxylic acids is 1. The smallest absolute Gasteiger partial charge is 0.416 e. The number of benzene rings is 1. The lowest BCUT2D eigenvalue weighted by atomic mass is 10.2. The molecule has 2 aromatic rings. The van der Waals surface area contributed by atoms with Crippen molar-refractivity contribution in [3.05, 3.63) is 47.8 Å². The molecule has 144 valence electrons. The number of morpholine rings is 1. The summed E-state index contributed by atoms with van der Waals surface area (Å²) in [5.74, 6) is -1.68. The summed E-state index contributed by atoms with van der Waals surface area (Å²) < 4.78 is 45.0. The first kappa shape index (κ1) is 18.9. The summed E-state index contributed by atoms with van der Waals surface area (Å²) in [6.45, 7) is 1.71. The van der Waals surface area contributed by atoms with Gasteiger partial charge in [-0.25, -0.2) is 9.48 Å². The summed E-state index contributed by atoms with van der Waals surface area (Å²) >= 11 is 0. The lowest BCUT2D eigenvalue weighted by molar-refractivity contribution is -0.160. The number of carbonyl (C=O) groups excluding carboxylic acids is 1. The number of rotatable bonds is 3. The molecule has 1 aliphatic heterocycles. The fraction of sp³-hybridized carbons (Fsp3) is 0.353. The van der Waals surface area contributed by atoms with Gasteiger partial charge in [0.15, 0.2) is 11.8 Å². The first-order valence-electron chi connectivity index (χ1n) is 8.06. The number of carboxylic acids is 1. The van der Waals surface area contributed by atoms with Crippen LogP contribution in [0, 0.1) is 0 Å². The highest BCUT2D eigenvalue weighted by Crippen LogP contribution is 2.30. The van der Waals surface area contributed by atoms with Crippen LogP contribution in [0.4, 0.5) is 13.2 Å². The first-order valence-corrected chi connectivity index (χ1v) is 8.06. The van der Waals surface area contributed by atoms with Crippen molar-refractivity contribution in [2.75, 3.05) is 13.1 Å². The zero-order valence-electron chi connectivity index (χ0n) is 14.2. The van der Waals surface area contributed by atoms with Gasteiger partial charge in [-0.15, -0.1) is 0 Å². The molecule has 3 rings (SSSR count).